The van der Waals surface area contributed by atoms with Gasteiger partial charge in [-0.2, -0.15) is 0 Å². The van der Waals surface area contributed by atoms with E-state index in [1.807, 2.05) is 0 Å². The summed E-state index contributed by atoms with van der Waals surface area (Å²) in [5.74, 6) is -5.07. The van der Waals surface area contributed by atoms with Crippen molar-refractivity contribution < 1.29 is 34.2 Å². The lowest BCUT2D eigenvalue weighted by Crippen LogP contribution is -2.54. The summed E-state index contributed by atoms with van der Waals surface area (Å²) in [7, 11) is 1.41. The van der Waals surface area contributed by atoms with Crippen LogP contribution in [0.5, 0.6) is 0 Å². The molecule has 13 heteroatoms. The fourth-order valence-electron chi connectivity index (χ4n) is 2.66. The molecular formula is C19H34N6O7. The van der Waals surface area contributed by atoms with E-state index < -0.39 is 48.2 Å². The standard InChI is InChI=1S/C19H34N6O7/c1-11(2)16(18(31)32)24-17(30)12(9-15(28)29)23-13(26)10-25(3)14(27)7-5-4-6-8-22-19(20)21/h11-12,16H,4-10H2,1-3H3,(H,23,26)(H,24,30)(H,28,29)(H,31,32)(H4,20,21,22). The summed E-state index contributed by atoms with van der Waals surface area (Å²) in [6.07, 6.45) is 1.44. The fourth-order valence-corrected chi connectivity index (χ4v) is 2.66. The average Bonchev–Trinajstić information content (AvgIpc) is 2.66. The van der Waals surface area contributed by atoms with Gasteiger partial charge in [0.2, 0.25) is 17.7 Å². The third-order valence-electron chi connectivity index (χ3n) is 4.41. The number of aliphatic carboxylic acids is 2. The van der Waals surface area contributed by atoms with Gasteiger partial charge < -0.3 is 37.2 Å². The van der Waals surface area contributed by atoms with Crippen LogP contribution in [-0.4, -0.2) is 83.0 Å². The number of guanidine groups is 1. The molecule has 0 aliphatic carbocycles. The lowest BCUT2D eigenvalue weighted by Gasteiger charge is -2.23. The third-order valence-corrected chi connectivity index (χ3v) is 4.41. The van der Waals surface area contributed by atoms with Gasteiger partial charge in [0.25, 0.3) is 0 Å². The number of unbranched alkanes of at least 4 members (excludes halogenated alkanes) is 2. The highest BCUT2D eigenvalue weighted by Gasteiger charge is 2.30. The van der Waals surface area contributed by atoms with Crippen LogP contribution in [0.15, 0.2) is 4.99 Å². The molecule has 0 aromatic rings. The topological polar surface area (TPSA) is 218 Å². The van der Waals surface area contributed by atoms with Crippen molar-refractivity contribution in [2.45, 2.75) is 58.0 Å². The Kier molecular flexibility index (Phi) is 13.1. The highest BCUT2D eigenvalue weighted by atomic mass is 16.4. The van der Waals surface area contributed by atoms with E-state index in [4.69, 9.17) is 16.6 Å². The van der Waals surface area contributed by atoms with Gasteiger partial charge in [-0.25, -0.2) is 4.79 Å². The van der Waals surface area contributed by atoms with Gasteiger partial charge in [-0.05, 0) is 18.8 Å². The van der Waals surface area contributed by atoms with Crippen molar-refractivity contribution in [1.29, 1.82) is 0 Å². The molecule has 8 N–H and O–H groups in total. The minimum Gasteiger partial charge on any atom is -0.481 e. The summed E-state index contributed by atoms with van der Waals surface area (Å²) in [5, 5.41) is 22.7. The van der Waals surface area contributed by atoms with Crippen molar-refractivity contribution >= 4 is 35.6 Å². The van der Waals surface area contributed by atoms with E-state index in [1.165, 1.54) is 7.05 Å². The molecule has 0 heterocycles. The SMILES string of the molecule is CC(C)C(NC(=O)C(CC(=O)O)NC(=O)CN(C)C(=O)CCCCCN=C(N)N)C(=O)O. The van der Waals surface area contributed by atoms with Crippen LogP contribution < -0.4 is 22.1 Å². The number of likely N-dealkylation sites (N-methyl/N-ethyl adjacent to an activating group) is 1. The predicted octanol–water partition coefficient (Wildman–Crippen LogP) is -1.54. The number of hydrogen-bond donors (Lipinski definition) is 6. The van der Waals surface area contributed by atoms with Crippen LogP contribution in [-0.2, 0) is 24.0 Å². The van der Waals surface area contributed by atoms with Crippen molar-refractivity contribution in [2.75, 3.05) is 20.1 Å². The van der Waals surface area contributed by atoms with E-state index in [-0.39, 0.29) is 24.8 Å². The molecule has 2 unspecified atom stereocenters. The first-order valence-electron chi connectivity index (χ1n) is 10.2. The number of carbonyl (C=O) groups excluding carboxylic acids is 3. The zero-order chi connectivity index (χ0) is 24.8. The van der Waals surface area contributed by atoms with Gasteiger partial charge >= 0.3 is 11.9 Å². The Labute approximate surface area is 186 Å². The molecule has 0 fully saturated rings. The maximum atomic E-state index is 12.4. The summed E-state index contributed by atoms with van der Waals surface area (Å²) in [5.41, 5.74) is 10.4. The second-order valence-corrected chi connectivity index (χ2v) is 7.65. The van der Waals surface area contributed by atoms with Crippen molar-refractivity contribution in [3.8, 4) is 0 Å². The van der Waals surface area contributed by atoms with E-state index in [2.05, 4.69) is 15.6 Å². The predicted molar refractivity (Wildman–Crippen MR) is 115 cm³/mol. The van der Waals surface area contributed by atoms with Gasteiger partial charge in [0.05, 0.1) is 13.0 Å². The molecule has 0 bridgehead atoms. The van der Waals surface area contributed by atoms with E-state index in [1.54, 1.807) is 13.8 Å². The Morgan fingerprint density at radius 3 is 2.12 bits per heavy atom. The number of nitrogens with zero attached hydrogens (tertiary/aromatic N) is 2. The highest BCUT2D eigenvalue weighted by Crippen LogP contribution is 2.05. The van der Waals surface area contributed by atoms with Crippen LogP contribution in [0, 0.1) is 5.92 Å². The van der Waals surface area contributed by atoms with Crippen LogP contribution in [0.25, 0.3) is 0 Å². The molecule has 0 aliphatic heterocycles. The van der Waals surface area contributed by atoms with E-state index in [0.717, 1.165) is 4.90 Å². The summed E-state index contributed by atoms with van der Waals surface area (Å²) < 4.78 is 0. The van der Waals surface area contributed by atoms with Crippen molar-refractivity contribution in [1.82, 2.24) is 15.5 Å². The Balaban J connectivity index is 4.73. The average molecular weight is 459 g/mol. The molecule has 0 saturated carbocycles. The van der Waals surface area contributed by atoms with Crippen molar-refractivity contribution in [2.24, 2.45) is 22.4 Å². The number of carboxylic acid groups (broad SMARTS) is 2. The molecule has 0 aromatic heterocycles. The van der Waals surface area contributed by atoms with Gasteiger partial charge in [0.1, 0.15) is 12.1 Å². The van der Waals surface area contributed by atoms with Gasteiger partial charge in [-0.3, -0.25) is 24.2 Å². The number of carboxylic acids is 2. The van der Waals surface area contributed by atoms with Gasteiger partial charge in [0, 0.05) is 20.0 Å². The summed E-state index contributed by atoms with van der Waals surface area (Å²) in [6, 6.07) is -2.73. The van der Waals surface area contributed by atoms with Crippen LogP contribution in [0.3, 0.4) is 0 Å². The zero-order valence-corrected chi connectivity index (χ0v) is 18.7. The summed E-state index contributed by atoms with van der Waals surface area (Å²) >= 11 is 0. The first kappa shape index (κ1) is 28.6. The minimum absolute atomic E-state index is 0.00407. The maximum Gasteiger partial charge on any atom is 0.326 e. The molecule has 13 nitrogen and oxygen atoms in total. The molecule has 3 amide bonds. The van der Waals surface area contributed by atoms with Crippen LogP contribution in [0.4, 0.5) is 0 Å². The molecule has 182 valence electrons. The first-order chi connectivity index (χ1) is 14.8. The second kappa shape index (κ2) is 14.6. The molecule has 0 saturated heterocycles. The molecular weight excluding hydrogens is 424 g/mol. The highest BCUT2D eigenvalue weighted by molar-refractivity contribution is 5.94. The number of nitrogens with two attached hydrogens (primary N) is 2. The molecule has 0 rings (SSSR count). The van der Waals surface area contributed by atoms with Gasteiger partial charge in [-0.15, -0.1) is 0 Å². The van der Waals surface area contributed by atoms with E-state index >= 15 is 0 Å². The monoisotopic (exact) mass is 458 g/mol. The number of aliphatic imine (C=N–C) groups is 1. The minimum atomic E-state index is -1.49. The zero-order valence-electron chi connectivity index (χ0n) is 18.7. The Morgan fingerprint density at radius 2 is 1.62 bits per heavy atom. The Morgan fingerprint density at radius 1 is 1.00 bits per heavy atom. The molecule has 0 spiro atoms. The Bertz CT molecular complexity index is 706. The van der Waals surface area contributed by atoms with Gasteiger partial charge in [0.15, 0.2) is 5.96 Å². The van der Waals surface area contributed by atoms with E-state index in [0.29, 0.717) is 25.8 Å². The molecule has 0 aliphatic rings. The van der Waals surface area contributed by atoms with Crippen molar-refractivity contribution in [3.63, 3.8) is 0 Å². The van der Waals surface area contributed by atoms with Crippen LogP contribution in [0.1, 0.15) is 46.0 Å². The number of amides is 3. The van der Waals surface area contributed by atoms with Crippen LogP contribution >= 0.6 is 0 Å². The quantitative estimate of drug-likeness (QED) is 0.0950. The lowest BCUT2D eigenvalue weighted by molar-refractivity contribution is -0.144. The smallest absolute Gasteiger partial charge is 0.326 e. The molecule has 2 atom stereocenters. The fraction of sp³-hybridized carbons (Fsp3) is 0.684. The maximum absolute atomic E-state index is 12.4. The van der Waals surface area contributed by atoms with Crippen molar-refractivity contribution in [3.05, 3.63) is 0 Å². The number of rotatable bonds is 15. The van der Waals surface area contributed by atoms with Crippen LogP contribution in [0.2, 0.25) is 0 Å². The number of carbonyl (C=O) groups is 5. The Hall–Kier alpha value is -3.38. The third kappa shape index (κ3) is 12.3. The molecule has 0 radical (unpaired) electrons. The largest absolute Gasteiger partial charge is 0.481 e. The summed E-state index contributed by atoms with van der Waals surface area (Å²) in [6.45, 7) is 3.22. The second-order valence-electron chi connectivity index (χ2n) is 7.65. The lowest BCUT2D eigenvalue weighted by atomic mass is 10.0. The van der Waals surface area contributed by atoms with Gasteiger partial charge in [-0.1, -0.05) is 20.3 Å². The van der Waals surface area contributed by atoms with E-state index in [9.17, 15) is 29.1 Å². The molecule has 32 heavy (non-hydrogen) atoms. The normalized spacial score (nSPS) is 12.4. The molecule has 0 aromatic carbocycles. The summed E-state index contributed by atoms with van der Waals surface area (Å²) in [4.78, 5) is 64.1. The first-order valence-corrected chi connectivity index (χ1v) is 10.2. The number of nitrogens with one attached hydrogen (secondary N) is 2. The number of hydrogen-bond acceptors (Lipinski definition) is 6.